The van der Waals surface area contributed by atoms with E-state index in [0.29, 0.717) is 0 Å². The summed E-state index contributed by atoms with van der Waals surface area (Å²) < 4.78 is 11.3. The average molecular weight is 151 g/mol. The molecule has 0 amide bonds. The number of aliphatic hydroxyl groups excluding tert-OH is 3. The van der Waals surface area contributed by atoms with Crippen LogP contribution in [0.5, 0.6) is 0 Å². The highest BCUT2D eigenvalue weighted by Crippen LogP contribution is 2.12. The summed E-state index contributed by atoms with van der Waals surface area (Å²) in [5.74, 6) is 0. The molecule has 0 aromatic rings. The Balaban J connectivity index is 2.72. The van der Waals surface area contributed by atoms with E-state index in [1.54, 1.807) is 0 Å². The Kier molecular flexibility index (Phi) is 1.83. The predicted octanol–water partition coefficient (Wildman–Crippen LogP) is -2.58. The van der Waals surface area contributed by atoms with Crippen molar-refractivity contribution in [3.05, 3.63) is 0 Å². The van der Waals surface area contributed by atoms with Crippen molar-refractivity contribution in [1.29, 1.82) is 0 Å². The summed E-state index contributed by atoms with van der Waals surface area (Å²) in [6, 6.07) is 0. The summed E-state index contributed by atoms with van der Waals surface area (Å²) >= 11 is 0. The van der Waals surface area contributed by atoms with Crippen molar-refractivity contribution in [2.75, 3.05) is 6.61 Å². The topological polar surface area (TPSA) is 90.2 Å². The number of rotatable bonds is 0. The number of ether oxygens (including phenoxy) is 1. The van der Waals surface area contributed by atoms with E-state index in [9.17, 15) is 0 Å². The molecule has 0 spiro atoms. The lowest BCUT2D eigenvalue weighted by molar-refractivity contribution is -0.252. The van der Waals surface area contributed by atoms with Crippen LogP contribution in [0.1, 0.15) is 1.37 Å². The Hall–Kier alpha value is -0.200. The summed E-state index contributed by atoms with van der Waals surface area (Å²) in [6.45, 7) is -0.288. The molecule has 0 saturated carbocycles. The smallest absolute Gasteiger partial charge is 0.183 e. The molecule has 4 atom stereocenters. The lowest BCUT2D eigenvalue weighted by atomic mass is 10.1. The van der Waals surface area contributed by atoms with E-state index < -0.39 is 24.6 Å². The zero-order valence-electron chi connectivity index (χ0n) is 6.14. The maximum absolute atomic E-state index is 8.96. The zero-order chi connectivity index (χ0) is 8.65. The van der Waals surface area contributed by atoms with E-state index in [2.05, 4.69) is 4.74 Å². The molecule has 1 aliphatic heterocycles. The third-order valence-corrected chi connectivity index (χ3v) is 1.35. The van der Waals surface area contributed by atoms with Gasteiger partial charge >= 0.3 is 0 Å². The first kappa shape index (κ1) is 6.51. The third-order valence-electron chi connectivity index (χ3n) is 1.35. The fourth-order valence-corrected chi connectivity index (χ4v) is 0.709. The molecular weight excluding hydrogens is 140 g/mol. The van der Waals surface area contributed by atoms with Crippen molar-refractivity contribution < 1.29 is 26.5 Å². The van der Waals surface area contributed by atoms with Gasteiger partial charge in [-0.2, -0.15) is 0 Å². The first-order chi connectivity index (χ1) is 4.96. The van der Waals surface area contributed by atoms with Crippen LogP contribution in [-0.2, 0) is 4.74 Å². The molecule has 0 bridgehead atoms. The monoisotopic (exact) mass is 151 g/mol. The molecule has 1 fully saturated rings. The molecule has 5 heteroatoms. The van der Waals surface area contributed by atoms with Gasteiger partial charge in [0.25, 0.3) is 0 Å². The van der Waals surface area contributed by atoms with Crippen LogP contribution in [0.2, 0.25) is 0 Å². The second kappa shape index (κ2) is 2.81. The van der Waals surface area contributed by atoms with Crippen LogP contribution in [0.25, 0.3) is 0 Å². The van der Waals surface area contributed by atoms with Gasteiger partial charge in [-0.15, -0.1) is 0 Å². The molecule has 60 valence electrons. The number of hydrogen-bond donors (Lipinski definition) is 4. The number of hydrogen-bond acceptors (Lipinski definition) is 5. The van der Waals surface area contributed by atoms with E-state index in [4.69, 9.17) is 21.8 Å². The van der Waals surface area contributed by atoms with Gasteiger partial charge in [0.1, 0.15) is 18.3 Å². The molecule has 10 heavy (non-hydrogen) atoms. The van der Waals surface area contributed by atoms with Crippen LogP contribution in [0.15, 0.2) is 0 Å². The molecule has 0 unspecified atom stereocenters. The van der Waals surface area contributed by atoms with Crippen LogP contribution in [-0.4, -0.2) is 51.6 Å². The summed E-state index contributed by atoms with van der Waals surface area (Å²) in [5.41, 5.74) is 0. The van der Waals surface area contributed by atoms with Gasteiger partial charge < -0.3 is 25.2 Å². The molecule has 0 aromatic carbocycles. The minimum absolute atomic E-state index is 0.288. The summed E-state index contributed by atoms with van der Waals surface area (Å²) in [6.07, 6.45) is -7.36. The summed E-state index contributed by atoms with van der Waals surface area (Å²) in [7, 11) is 0. The molecule has 1 rings (SSSR count). The fourth-order valence-electron chi connectivity index (χ4n) is 0.709. The largest absolute Gasteiger partial charge is 0.388 e. The first-order valence-electron chi connectivity index (χ1n) is 3.34. The summed E-state index contributed by atoms with van der Waals surface area (Å²) in [5, 5.41) is 35.6. The van der Waals surface area contributed by atoms with Crippen LogP contribution in [0, 0.1) is 0 Å². The van der Waals surface area contributed by atoms with Gasteiger partial charge in [-0.05, 0) is 0 Å². The average Bonchev–Trinajstić information content (AvgIpc) is 1.95. The van der Waals surface area contributed by atoms with Crippen LogP contribution >= 0.6 is 0 Å². The van der Waals surface area contributed by atoms with Crippen molar-refractivity contribution in [3.63, 3.8) is 0 Å². The molecule has 4 N–H and O–H groups in total. The lowest BCUT2D eigenvalue weighted by Gasteiger charge is -2.31. The van der Waals surface area contributed by atoms with Gasteiger partial charge in [0.05, 0.1) is 7.98 Å². The van der Waals surface area contributed by atoms with Crippen molar-refractivity contribution >= 4 is 0 Å². The van der Waals surface area contributed by atoms with Crippen molar-refractivity contribution in [1.82, 2.24) is 0 Å². The minimum Gasteiger partial charge on any atom is -0.388 e. The molecule has 1 heterocycles. The highest BCUT2D eigenvalue weighted by molar-refractivity contribution is 4.81. The molecule has 0 radical (unpaired) electrons. The van der Waals surface area contributed by atoms with Gasteiger partial charge in [0, 0.05) is 0 Å². The Morgan fingerprint density at radius 3 is 2.40 bits per heavy atom. The quantitative estimate of drug-likeness (QED) is 0.305. The fraction of sp³-hybridized carbons (Fsp3) is 1.00. The van der Waals surface area contributed by atoms with Gasteiger partial charge in [-0.25, -0.2) is 0 Å². The Bertz CT molecular complexity index is 150. The Morgan fingerprint density at radius 1 is 1.30 bits per heavy atom. The van der Waals surface area contributed by atoms with E-state index in [1.807, 2.05) is 0 Å². The zero-order valence-corrected chi connectivity index (χ0v) is 5.14. The van der Waals surface area contributed by atoms with Gasteiger partial charge in [-0.3, -0.25) is 0 Å². The maximum atomic E-state index is 8.96. The molecule has 1 saturated heterocycles. The van der Waals surface area contributed by atoms with E-state index in [-0.39, 0.29) is 6.61 Å². The third kappa shape index (κ3) is 1.28. The van der Waals surface area contributed by atoms with Crippen LogP contribution < -0.4 is 0 Å². The standard InChI is InChI=1S/C5H10O5/c6-2-1-10-5(9)4(8)3(2)7/h2-9H,1H2/t2-,3-,4+,5+/m1/s1/i4D. The molecule has 1 aliphatic rings. The Morgan fingerprint density at radius 2 is 1.90 bits per heavy atom. The van der Waals surface area contributed by atoms with Gasteiger partial charge in [-0.1, -0.05) is 0 Å². The normalized spacial score (nSPS) is 58.0. The van der Waals surface area contributed by atoms with Crippen molar-refractivity contribution in [3.8, 4) is 0 Å². The second-order valence-corrected chi connectivity index (χ2v) is 2.12. The summed E-state index contributed by atoms with van der Waals surface area (Å²) in [4.78, 5) is 0. The van der Waals surface area contributed by atoms with Crippen LogP contribution in [0.4, 0.5) is 0 Å². The Labute approximate surface area is 58.9 Å². The van der Waals surface area contributed by atoms with Crippen molar-refractivity contribution in [2.24, 2.45) is 0 Å². The predicted molar refractivity (Wildman–Crippen MR) is 30.0 cm³/mol. The highest BCUT2D eigenvalue weighted by atomic mass is 16.6. The maximum Gasteiger partial charge on any atom is 0.183 e. The van der Waals surface area contributed by atoms with E-state index in [0.717, 1.165) is 0 Å². The second-order valence-electron chi connectivity index (χ2n) is 2.12. The first-order valence-corrected chi connectivity index (χ1v) is 2.84. The molecule has 0 aliphatic carbocycles. The van der Waals surface area contributed by atoms with Crippen molar-refractivity contribution in [2.45, 2.75) is 24.6 Å². The molecule has 0 aromatic heterocycles. The molecular formula is C5H10O5. The highest BCUT2D eigenvalue weighted by Gasteiger charge is 2.36. The van der Waals surface area contributed by atoms with Crippen LogP contribution in [0.3, 0.4) is 0 Å². The minimum atomic E-state index is -2.54. The van der Waals surface area contributed by atoms with E-state index >= 15 is 0 Å². The van der Waals surface area contributed by atoms with Gasteiger partial charge in [0.15, 0.2) is 6.29 Å². The lowest BCUT2D eigenvalue weighted by Crippen LogP contribution is -2.52. The SMILES string of the molecule is [2H][C@]1(O)[C@H](O)[C@H](O)CO[C@@H]1O. The van der Waals surface area contributed by atoms with E-state index in [1.165, 1.54) is 0 Å². The molecule has 5 nitrogen and oxygen atoms in total. The number of aliphatic hydroxyl groups is 4. The van der Waals surface area contributed by atoms with Gasteiger partial charge in [0.2, 0.25) is 0 Å².